The molecule has 38 heavy (non-hydrogen) atoms. The quantitative estimate of drug-likeness (QED) is 0.213. The number of hydrogen-bond acceptors (Lipinski definition) is 5. The number of benzene rings is 3. The predicted molar refractivity (Wildman–Crippen MR) is 158 cm³/mol. The molecule has 0 aliphatic heterocycles. The minimum atomic E-state index is 0. The lowest BCUT2D eigenvalue weighted by Gasteiger charge is -2.20. The van der Waals surface area contributed by atoms with Crippen LogP contribution in [0.3, 0.4) is 0 Å². The molecule has 1 unspecified atom stereocenters. The number of methoxy groups -OCH3 is 1. The molecule has 1 saturated carbocycles. The van der Waals surface area contributed by atoms with Crippen LogP contribution in [0.1, 0.15) is 48.4 Å². The molecule has 0 saturated heterocycles. The predicted octanol–water partition coefficient (Wildman–Crippen LogP) is 8.00. The van der Waals surface area contributed by atoms with Crippen LogP contribution < -0.4 is 19.9 Å². The van der Waals surface area contributed by atoms with E-state index in [1.165, 1.54) is 24.0 Å². The van der Waals surface area contributed by atoms with Gasteiger partial charge in [0.1, 0.15) is 11.5 Å². The molecule has 4 aromatic rings. The highest BCUT2D eigenvalue weighted by atomic mass is 35.5. The van der Waals surface area contributed by atoms with Crippen LogP contribution in [0.2, 0.25) is 0 Å². The Kier molecular flexibility index (Phi) is 10.7. The van der Waals surface area contributed by atoms with Crippen LogP contribution in [0.25, 0.3) is 0 Å². The fourth-order valence-corrected chi connectivity index (χ4v) is 4.78. The monoisotopic (exact) mass is 552 g/mol. The number of rotatable bonds is 9. The molecule has 1 atom stereocenters. The summed E-state index contributed by atoms with van der Waals surface area (Å²) in [7, 11) is 1.70. The lowest BCUT2D eigenvalue weighted by molar-refractivity contribution is 0.200. The average molecular weight is 554 g/mol. The minimum absolute atomic E-state index is 0. The lowest BCUT2D eigenvalue weighted by atomic mass is 9.88. The molecule has 5 nitrogen and oxygen atoms in total. The van der Waals surface area contributed by atoms with Gasteiger partial charge >= 0.3 is 0 Å². The van der Waals surface area contributed by atoms with Gasteiger partial charge in [-0.05, 0) is 104 Å². The number of aromatic nitrogens is 1. The van der Waals surface area contributed by atoms with E-state index in [-0.39, 0.29) is 36.8 Å². The smallest absolute Gasteiger partial charge is 0.161 e. The van der Waals surface area contributed by atoms with Crippen LogP contribution in [0, 0.1) is 0 Å². The third-order valence-electron chi connectivity index (χ3n) is 6.71. The Labute approximate surface area is 237 Å². The molecule has 7 heteroatoms. The Bertz CT molecular complexity index is 1260. The molecule has 1 aliphatic rings. The molecule has 1 fully saturated rings. The van der Waals surface area contributed by atoms with Crippen LogP contribution >= 0.6 is 24.8 Å². The van der Waals surface area contributed by atoms with Gasteiger partial charge in [0.15, 0.2) is 11.5 Å². The summed E-state index contributed by atoms with van der Waals surface area (Å²) in [6, 6.07) is 28.0. The number of nitrogens with zero attached hydrogens (tertiary/aromatic N) is 1. The van der Waals surface area contributed by atoms with E-state index in [2.05, 4.69) is 30.3 Å². The zero-order valence-electron chi connectivity index (χ0n) is 21.4. The molecular formula is C31H34Cl2N2O3. The minimum Gasteiger partial charge on any atom is -0.493 e. The summed E-state index contributed by atoms with van der Waals surface area (Å²) < 4.78 is 17.9. The van der Waals surface area contributed by atoms with Gasteiger partial charge in [0.2, 0.25) is 0 Å². The van der Waals surface area contributed by atoms with Gasteiger partial charge < -0.3 is 19.9 Å². The number of nitrogens with two attached hydrogens (primary N) is 1. The second-order valence-corrected chi connectivity index (χ2v) is 9.26. The molecule has 0 bridgehead atoms. The highest BCUT2D eigenvalue weighted by molar-refractivity contribution is 5.85. The van der Waals surface area contributed by atoms with Crippen LogP contribution in [0.15, 0.2) is 91.1 Å². The van der Waals surface area contributed by atoms with Crippen molar-refractivity contribution in [3.63, 3.8) is 0 Å². The molecule has 0 amide bonds. The van der Waals surface area contributed by atoms with E-state index in [4.69, 9.17) is 24.9 Å². The van der Waals surface area contributed by atoms with Crippen molar-refractivity contribution in [3.8, 4) is 23.0 Å². The van der Waals surface area contributed by atoms with E-state index >= 15 is 0 Å². The number of hydrogen-bond donors (Lipinski definition) is 1. The maximum Gasteiger partial charge on any atom is 0.161 e. The Hall–Kier alpha value is -3.41. The topological polar surface area (TPSA) is 66.6 Å². The molecule has 2 N–H and O–H groups in total. The second kappa shape index (κ2) is 13.9. The molecule has 0 spiro atoms. The molecule has 1 aromatic heterocycles. The Morgan fingerprint density at radius 3 is 2.16 bits per heavy atom. The van der Waals surface area contributed by atoms with Crippen molar-refractivity contribution < 1.29 is 14.2 Å². The van der Waals surface area contributed by atoms with Gasteiger partial charge in [0, 0.05) is 23.5 Å². The molecule has 5 rings (SSSR count). The van der Waals surface area contributed by atoms with E-state index in [9.17, 15) is 0 Å². The summed E-state index contributed by atoms with van der Waals surface area (Å²) in [5.74, 6) is 3.23. The largest absolute Gasteiger partial charge is 0.493 e. The second-order valence-electron chi connectivity index (χ2n) is 9.26. The van der Waals surface area contributed by atoms with E-state index < -0.39 is 0 Å². The number of pyridine rings is 1. The summed E-state index contributed by atoms with van der Waals surface area (Å²) in [6.07, 6.45) is 7.58. The van der Waals surface area contributed by atoms with Gasteiger partial charge in [-0.25, -0.2) is 0 Å². The van der Waals surface area contributed by atoms with E-state index in [1.807, 2.05) is 60.8 Å². The number of nitrogen functional groups attached to an aromatic ring is 1. The van der Waals surface area contributed by atoms with Crippen molar-refractivity contribution in [2.24, 2.45) is 0 Å². The number of ether oxygens (including phenoxy) is 3. The van der Waals surface area contributed by atoms with Crippen LogP contribution in [0.4, 0.5) is 5.69 Å². The molecule has 0 radical (unpaired) electrons. The highest BCUT2D eigenvalue weighted by Gasteiger charge is 2.21. The third-order valence-corrected chi connectivity index (χ3v) is 6.71. The van der Waals surface area contributed by atoms with Gasteiger partial charge in [-0.2, -0.15) is 0 Å². The van der Waals surface area contributed by atoms with Gasteiger partial charge in [0.05, 0.1) is 13.2 Å². The summed E-state index contributed by atoms with van der Waals surface area (Å²) >= 11 is 0. The first kappa shape index (κ1) is 29.2. The summed E-state index contributed by atoms with van der Waals surface area (Å²) in [4.78, 5) is 4.69. The SMILES string of the molecule is COc1ccc(CC(c2ccc(Oc3ccc(N)cc3)cc2)c2ccccn2)cc1OC1CCCC1.Cl.Cl. The fourth-order valence-electron chi connectivity index (χ4n) is 4.78. The zero-order chi connectivity index (χ0) is 24.7. The fraction of sp³-hybridized carbons (Fsp3) is 0.258. The van der Waals surface area contributed by atoms with Crippen molar-refractivity contribution in [2.45, 2.75) is 44.1 Å². The first-order valence-corrected chi connectivity index (χ1v) is 12.6. The Morgan fingerprint density at radius 1 is 0.842 bits per heavy atom. The molecule has 3 aromatic carbocycles. The normalized spacial score (nSPS) is 13.6. The van der Waals surface area contributed by atoms with E-state index in [0.717, 1.165) is 48.0 Å². The Morgan fingerprint density at radius 2 is 1.53 bits per heavy atom. The maximum absolute atomic E-state index is 6.35. The van der Waals surface area contributed by atoms with Crippen molar-refractivity contribution in [1.82, 2.24) is 4.98 Å². The summed E-state index contributed by atoms with van der Waals surface area (Å²) in [5, 5.41) is 0. The molecule has 200 valence electrons. The third kappa shape index (κ3) is 7.33. The first-order valence-electron chi connectivity index (χ1n) is 12.6. The van der Waals surface area contributed by atoms with Crippen LogP contribution in [0.5, 0.6) is 23.0 Å². The number of anilines is 1. The van der Waals surface area contributed by atoms with Gasteiger partial charge in [0.25, 0.3) is 0 Å². The van der Waals surface area contributed by atoms with E-state index in [1.54, 1.807) is 7.11 Å². The number of halogens is 2. The highest BCUT2D eigenvalue weighted by Crippen LogP contribution is 2.35. The molecular weight excluding hydrogens is 519 g/mol. The van der Waals surface area contributed by atoms with Crippen molar-refractivity contribution >= 4 is 30.5 Å². The summed E-state index contributed by atoms with van der Waals surface area (Å²) in [6.45, 7) is 0. The van der Waals surface area contributed by atoms with Crippen LogP contribution in [-0.2, 0) is 6.42 Å². The average Bonchev–Trinajstić information content (AvgIpc) is 3.43. The van der Waals surface area contributed by atoms with Crippen molar-refractivity contribution in [3.05, 3.63) is 108 Å². The van der Waals surface area contributed by atoms with Crippen molar-refractivity contribution in [1.29, 1.82) is 0 Å². The zero-order valence-corrected chi connectivity index (χ0v) is 23.0. The maximum atomic E-state index is 6.35. The first-order chi connectivity index (χ1) is 17.7. The van der Waals surface area contributed by atoms with Gasteiger partial charge in [-0.15, -0.1) is 24.8 Å². The van der Waals surface area contributed by atoms with Gasteiger partial charge in [-0.1, -0.05) is 24.3 Å². The molecule has 1 aliphatic carbocycles. The van der Waals surface area contributed by atoms with E-state index in [0.29, 0.717) is 5.69 Å². The molecule has 1 heterocycles. The van der Waals surface area contributed by atoms with Gasteiger partial charge in [-0.3, -0.25) is 4.98 Å². The van der Waals surface area contributed by atoms with Crippen molar-refractivity contribution in [2.75, 3.05) is 12.8 Å². The summed E-state index contributed by atoms with van der Waals surface area (Å²) in [5.41, 5.74) is 9.88. The lowest BCUT2D eigenvalue weighted by Crippen LogP contribution is -2.12. The van der Waals surface area contributed by atoms with Crippen LogP contribution in [-0.4, -0.2) is 18.2 Å². The Balaban J connectivity index is 0.00000200. The standard InChI is InChI=1S/C31H32N2O3.2ClH/c1-34-30-18-9-22(21-31(30)36-25-6-2-3-7-25)20-28(29-8-4-5-19-33-29)23-10-14-26(15-11-23)35-27-16-12-24(32)13-17-27;;/h4-5,8-19,21,25,28H,2-3,6-7,20,32H2,1H3;2*1H.